The summed E-state index contributed by atoms with van der Waals surface area (Å²) >= 11 is 0. The third kappa shape index (κ3) is 3.44. The number of rotatable bonds is 5. The molecule has 21 heavy (non-hydrogen) atoms. The molecule has 5 unspecified atom stereocenters. The maximum absolute atomic E-state index is 6.28. The largest absolute Gasteiger partial charge is 0.379 e. The van der Waals surface area contributed by atoms with Gasteiger partial charge in [-0.1, -0.05) is 32.6 Å². The Morgan fingerprint density at radius 3 is 2.48 bits per heavy atom. The van der Waals surface area contributed by atoms with Gasteiger partial charge in [-0.2, -0.15) is 0 Å². The fraction of sp³-hybridized carbons (Fsp3) is 1.00. The summed E-state index contributed by atoms with van der Waals surface area (Å²) in [5, 5.41) is 3.83. The van der Waals surface area contributed by atoms with Crippen molar-refractivity contribution in [3.63, 3.8) is 0 Å². The molecule has 0 spiro atoms. The molecule has 1 aliphatic heterocycles. The van der Waals surface area contributed by atoms with Crippen LogP contribution in [0.2, 0.25) is 0 Å². The molecule has 122 valence electrons. The Kier molecular flexibility index (Phi) is 5.54. The van der Waals surface area contributed by atoms with Crippen molar-refractivity contribution in [2.45, 2.75) is 88.7 Å². The Labute approximate surface area is 129 Å². The smallest absolute Gasteiger partial charge is 0.0844 e. The third-order valence-electron chi connectivity index (χ3n) is 5.74. The van der Waals surface area contributed by atoms with Gasteiger partial charge >= 0.3 is 0 Å². The summed E-state index contributed by atoms with van der Waals surface area (Å²) < 4.78 is 11.9. The van der Waals surface area contributed by atoms with Crippen LogP contribution in [0.4, 0.5) is 0 Å². The van der Waals surface area contributed by atoms with Crippen LogP contribution < -0.4 is 5.32 Å². The first-order chi connectivity index (χ1) is 10.3. The molecular formula is C17H32N2O2. The molecule has 0 aromatic heterocycles. The second-order valence-electron chi connectivity index (χ2n) is 6.90. The van der Waals surface area contributed by atoms with E-state index in [0.717, 1.165) is 32.0 Å². The summed E-state index contributed by atoms with van der Waals surface area (Å²) in [5.41, 5.74) is 0. The average molecular weight is 296 g/mol. The average Bonchev–Trinajstić information content (AvgIpc) is 2.90. The highest BCUT2D eigenvalue weighted by Crippen LogP contribution is 2.30. The van der Waals surface area contributed by atoms with Gasteiger partial charge in [-0.05, 0) is 32.2 Å². The van der Waals surface area contributed by atoms with E-state index >= 15 is 0 Å². The van der Waals surface area contributed by atoms with Crippen molar-refractivity contribution in [1.82, 2.24) is 10.2 Å². The molecule has 0 aromatic rings. The molecule has 1 saturated heterocycles. The van der Waals surface area contributed by atoms with E-state index in [9.17, 15) is 0 Å². The molecule has 3 aliphatic rings. The molecule has 0 radical (unpaired) electrons. The van der Waals surface area contributed by atoms with E-state index < -0.39 is 0 Å². The van der Waals surface area contributed by atoms with Crippen LogP contribution in [0, 0.1) is 0 Å². The molecule has 4 heteroatoms. The normalized spacial score (nSPS) is 41.1. The number of hydrogen-bond donors (Lipinski definition) is 1. The fourth-order valence-electron chi connectivity index (χ4n) is 4.61. The quantitative estimate of drug-likeness (QED) is 0.845. The monoisotopic (exact) mass is 296 g/mol. The van der Waals surface area contributed by atoms with Gasteiger partial charge < -0.3 is 9.47 Å². The van der Waals surface area contributed by atoms with Crippen molar-refractivity contribution in [2.75, 3.05) is 20.3 Å². The number of hydrogen-bond acceptors (Lipinski definition) is 4. The fourth-order valence-corrected chi connectivity index (χ4v) is 4.61. The van der Waals surface area contributed by atoms with Gasteiger partial charge in [0, 0.05) is 19.2 Å². The standard InChI is InChI=1S/C17H32N2O2/c1-3-19-14-9-5-4-8-13(14)18-17(19)12-21-16-11-7-6-10-15(16)20-2/h13-18H,3-12H2,1-2H3. The summed E-state index contributed by atoms with van der Waals surface area (Å²) in [5.74, 6) is 0. The summed E-state index contributed by atoms with van der Waals surface area (Å²) in [6, 6.07) is 1.43. The molecule has 0 aromatic carbocycles. The minimum Gasteiger partial charge on any atom is -0.379 e. The van der Waals surface area contributed by atoms with Crippen LogP contribution in [0.15, 0.2) is 0 Å². The molecule has 5 atom stereocenters. The lowest BCUT2D eigenvalue weighted by atomic mass is 9.91. The number of likely N-dealkylation sites (N-methyl/N-ethyl adjacent to an activating group) is 1. The first-order valence-corrected chi connectivity index (χ1v) is 8.99. The van der Waals surface area contributed by atoms with E-state index in [0.29, 0.717) is 24.4 Å². The van der Waals surface area contributed by atoms with Crippen LogP contribution in [0.5, 0.6) is 0 Å². The second-order valence-corrected chi connectivity index (χ2v) is 6.90. The highest BCUT2D eigenvalue weighted by molar-refractivity contribution is 4.97. The third-order valence-corrected chi connectivity index (χ3v) is 5.74. The van der Waals surface area contributed by atoms with Crippen LogP contribution in [-0.2, 0) is 9.47 Å². The second kappa shape index (κ2) is 7.40. The number of fused-ring (bicyclic) bond motifs is 1. The van der Waals surface area contributed by atoms with Gasteiger partial charge in [0.2, 0.25) is 0 Å². The lowest BCUT2D eigenvalue weighted by Gasteiger charge is -2.34. The Balaban J connectivity index is 1.54. The summed E-state index contributed by atoms with van der Waals surface area (Å²) in [6.45, 7) is 4.22. The van der Waals surface area contributed by atoms with Gasteiger partial charge in [0.1, 0.15) is 0 Å². The molecule has 3 rings (SSSR count). The molecule has 3 fully saturated rings. The van der Waals surface area contributed by atoms with E-state index in [4.69, 9.17) is 9.47 Å². The first kappa shape index (κ1) is 15.7. The van der Waals surface area contributed by atoms with E-state index in [2.05, 4.69) is 17.1 Å². The van der Waals surface area contributed by atoms with E-state index in [1.54, 1.807) is 0 Å². The van der Waals surface area contributed by atoms with Crippen LogP contribution in [0.25, 0.3) is 0 Å². The predicted octanol–water partition coefficient (Wildman–Crippen LogP) is 2.52. The van der Waals surface area contributed by atoms with E-state index in [-0.39, 0.29) is 0 Å². The number of methoxy groups -OCH3 is 1. The van der Waals surface area contributed by atoms with Crippen molar-refractivity contribution in [2.24, 2.45) is 0 Å². The van der Waals surface area contributed by atoms with Crippen LogP contribution in [0.1, 0.15) is 58.3 Å². The maximum Gasteiger partial charge on any atom is 0.0844 e. The van der Waals surface area contributed by atoms with Crippen molar-refractivity contribution in [3.8, 4) is 0 Å². The van der Waals surface area contributed by atoms with Crippen LogP contribution >= 0.6 is 0 Å². The van der Waals surface area contributed by atoms with Gasteiger partial charge in [0.25, 0.3) is 0 Å². The molecule has 1 heterocycles. The molecule has 0 amide bonds. The first-order valence-electron chi connectivity index (χ1n) is 8.99. The summed E-state index contributed by atoms with van der Waals surface area (Å²) in [4.78, 5) is 2.63. The minimum atomic E-state index is 0.298. The van der Waals surface area contributed by atoms with Crippen molar-refractivity contribution in [3.05, 3.63) is 0 Å². The van der Waals surface area contributed by atoms with Gasteiger partial charge in [-0.3, -0.25) is 10.2 Å². The van der Waals surface area contributed by atoms with Gasteiger partial charge in [-0.25, -0.2) is 0 Å². The lowest BCUT2D eigenvalue weighted by Crippen LogP contribution is -2.44. The molecule has 2 aliphatic carbocycles. The van der Waals surface area contributed by atoms with Gasteiger partial charge in [0.05, 0.1) is 25.0 Å². The van der Waals surface area contributed by atoms with Crippen LogP contribution in [-0.4, -0.2) is 55.6 Å². The molecule has 2 saturated carbocycles. The van der Waals surface area contributed by atoms with E-state index in [1.807, 2.05) is 7.11 Å². The van der Waals surface area contributed by atoms with Crippen molar-refractivity contribution >= 4 is 0 Å². The Hall–Kier alpha value is -0.160. The number of nitrogens with one attached hydrogen (secondary N) is 1. The topological polar surface area (TPSA) is 33.7 Å². The van der Waals surface area contributed by atoms with E-state index in [1.165, 1.54) is 38.5 Å². The maximum atomic E-state index is 6.28. The summed E-state index contributed by atoms with van der Waals surface area (Å²) in [6.07, 6.45) is 11.3. The molecule has 1 N–H and O–H groups in total. The van der Waals surface area contributed by atoms with Crippen molar-refractivity contribution < 1.29 is 9.47 Å². The Bertz CT molecular complexity index is 326. The number of ether oxygens (including phenoxy) is 2. The lowest BCUT2D eigenvalue weighted by molar-refractivity contribution is -0.0894. The zero-order valence-corrected chi connectivity index (χ0v) is 13.7. The SMILES string of the molecule is CCN1C(COC2CCCCC2OC)NC2CCCCC21. The van der Waals surface area contributed by atoms with Crippen molar-refractivity contribution in [1.29, 1.82) is 0 Å². The highest BCUT2D eigenvalue weighted by Gasteiger charge is 2.41. The molecular weight excluding hydrogens is 264 g/mol. The Morgan fingerprint density at radius 2 is 1.71 bits per heavy atom. The molecule has 4 nitrogen and oxygen atoms in total. The summed E-state index contributed by atoms with van der Waals surface area (Å²) in [7, 11) is 1.83. The number of nitrogens with zero attached hydrogens (tertiary/aromatic N) is 1. The highest BCUT2D eigenvalue weighted by atomic mass is 16.5. The van der Waals surface area contributed by atoms with Gasteiger partial charge in [-0.15, -0.1) is 0 Å². The minimum absolute atomic E-state index is 0.298. The Morgan fingerprint density at radius 1 is 1.00 bits per heavy atom. The molecule has 0 bridgehead atoms. The predicted molar refractivity (Wildman–Crippen MR) is 84.4 cm³/mol. The zero-order valence-electron chi connectivity index (χ0n) is 13.7. The van der Waals surface area contributed by atoms with Gasteiger partial charge in [0.15, 0.2) is 0 Å². The van der Waals surface area contributed by atoms with Crippen LogP contribution in [0.3, 0.4) is 0 Å². The zero-order chi connectivity index (χ0) is 14.7.